The summed E-state index contributed by atoms with van der Waals surface area (Å²) in [5, 5.41) is 4.86. The van der Waals surface area contributed by atoms with Gasteiger partial charge in [-0.2, -0.15) is 13.2 Å². The van der Waals surface area contributed by atoms with Crippen molar-refractivity contribution in [3.05, 3.63) is 41.1 Å². The zero-order valence-electron chi connectivity index (χ0n) is 12.0. The molecule has 0 saturated heterocycles. The normalized spacial score (nSPS) is 15.0. The molecule has 0 saturated carbocycles. The molecule has 0 spiro atoms. The van der Waals surface area contributed by atoms with Crippen LogP contribution in [0.2, 0.25) is 0 Å². The largest absolute Gasteiger partial charge is 0.465 e. The number of nitrogens with one attached hydrogen (secondary N) is 2. The first kappa shape index (κ1) is 16.8. The van der Waals surface area contributed by atoms with Crippen molar-refractivity contribution >= 4 is 6.03 Å². The Labute approximate surface area is 132 Å². The van der Waals surface area contributed by atoms with E-state index in [9.17, 15) is 22.4 Å². The Morgan fingerprint density at radius 2 is 2.26 bits per heavy atom. The second-order valence-electron chi connectivity index (χ2n) is 4.80. The second-order valence-corrected chi connectivity index (χ2v) is 4.80. The summed E-state index contributed by atoms with van der Waals surface area (Å²) in [6.07, 6.45) is -5.18. The quantitative estimate of drug-likeness (QED) is 0.640. The van der Waals surface area contributed by atoms with E-state index in [1.54, 1.807) is 0 Å². The number of ether oxygens (including phenoxy) is 1. The van der Waals surface area contributed by atoms with Crippen LogP contribution in [0.4, 0.5) is 22.4 Å². The van der Waals surface area contributed by atoms with Crippen LogP contribution in [0.3, 0.4) is 0 Å². The average Bonchev–Trinajstić information content (AvgIpc) is 2.43. The molecule has 1 aromatic rings. The van der Waals surface area contributed by atoms with E-state index in [4.69, 9.17) is 4.74 Å². The molecule has 5 nitrogen and oxygen atoms in total. The maximum absolute atomic E-state index is 12.4. The minimum atomic E-state index is -4.49. The fourth-order valence-corrected chi connectivity index (χ4v) is 1.61. The summed E-state index contributed by atoms with van der Waals surface area (Å²) in [6.45, 7) is 0.920. The molecule has 1 aliphatic rings. The Morgan fingerprint density at radius 1 is 1.57 bits per heavy atom. The van der Waals surface area contributed by atoms with Crippen molar-refractivity contribution in [2.45, 2.75) is 32.2 Å². The molecule has 0 bridgehead atoms. The van der Waals surface area contributed by atoms with Gasteiger partial charge in [-0.15, -0.1) is 0 Å². The predicted octanol–water partition coefficient (Wildman–Crippen LogP) is 3.44. The Hall–Kier alpha value is -2.54. The summed E-state index contributed by atoms with van der Waals surface area (Å²) >= 11 is 0. The number of hydrogen-bond acceptors (Lipinski definition) is 3. The summed E-state index contributed by atoms with van der Waals surface area (Å²) < 4.78 is 54.4. The van der Waals surface area contributed by atoms with Crippen LogP contribution in [-0.4, -0.2) is 23.3 Å². The second kappa shape index (κ2) is 6.70. The SMILES string of the molecule is CC(Oc1cc(CNC(=O)NC2=C=C(F)C2)ccn1)C(F)(F)F.[HH].[HH]. The fourth-order valence-electron chi connectivity index (χ4n) is 1.61. The molecule has 23 heavy (non-hydrogen) atoms. The first-order valence-corrected chi connectivity index (χ1v) is 6.61. The van der Waals surface area contributed by atoms with Crippen molar-refractivity contribution in [3.8, 4) is 5.88 Å². The summed E-state index contributed by atoms with van der Waals surface area (Å²) in [5.74, 6) is -0.628. The first-order valence-electron chi connectivity index (χ1n) is 6.61. The molecule has 128 valence electrons. The van der Waals surface area contributed by atoms with Crippen LogP contribution < -0.4 is 15.4 Å². The highest BCUT2D eigenvalue weighted by molar-refractivity contribution is 5.76. The lowest BCUT2D eigenvalue weighted by Gasteiger charge is -2.17. The number of pyridine rings is 1. The van der Waals surface area contributed by atoms with Gasteiger partial charge in [-0.05, 0) is 18.6 Å². The molecule has 0 aliphatic heterocycles. The molecule has 1 unspecified atom stereocenters. The minimum absolute atomic E-state index is 0. The molecule has 1 heterocycles. The standard InChI is InChI=1S/C14H13F4N3O2.2H2/c1-8(14(16,17)18)23-12-4-9(2-3-19-12)7-20-13(22)21-11-5-10(15)6-11;;/h2-4,8H,5,7H2,1H3,(H2,20,21,22);2*1H. The van der Waals surface area contributed by atoms with Gasteiger partial charge in [-0.3, -0.25) is 0 Å². The fraction of sp³-hybridized carbons (Fsp3) is 0.357. The van der Waals surface area contributed by atoms with Gasteiger partial charge in [0.15, 0.2) is 11.9 Å². The molecule has 0 aromatic carbocycles. The van der Waals surface area contributed by atoms with Gasteiger partial charge in [0.1, 0.15) is 0 Å². The van der Waals surface area contributed by atoms with Crippen molar-refractivity contribution in [2.75, 3.05) is 0 Å². The molecule has 2 N–H and O–H groups in total. The summed E-state index contributed by atoms with van der Waals surface area (Å²) in [6, 6.07) is 2.25. The number of hydrogen-bond donors (Lipinski definition) is 2. The van der Waals surface area contributed by atoms with Crippen molar-refractivity contribution < 1.29 is 29.9 Å². The topological polar surface area (TPSA) is 63.2 Å². The number of carbonyl (C=O) groups excluding carboxylic acids is 1. The van der Waals surface area contributed by atoms with Crippen LogP contribution in [0, 0.1) is 0 Å². The van der Waals surface area contributed by atoms with Crippen LogP contribution in [0.15, 0.2) is 35.6 Å². The Balaban J connectivity index is 0.00000288. The van der Waals surface area contributed by atoms with Gasteiger partial charge in [0.2, 0.25) is 5.88 Å². The number of aromatic nitrogens is 1. The molecule has 0 radical (unpaired) electrons. The Kier molecular flexibility index (Phi) is 4.90. The van der Waals surface area contributed by atoms with Crippen molar-refractivity contribution in [2.24, 2.45) is 0 Å². The minimum Gasteiger partial charge on any atom is -0.465 e. The maximum atomic E-state index is 12.4. The predicted molar refractivity (Wildman–Crippen MR) is 76.2 cm³/mol. The highest BCUT2D eigenvalue weighted by Crippen LogP contribution is 2.24. The van der Waals surface area contributed by atoms with Crippen molar-refractivity contribution in [1.29, 1.82) is 0 Å². The smallest absolute Gasteiger partial charge is 0.425 e. The van der Waals surface area contributed by atoms with E-state index in [1.165, 1.54) is 18.3 Å². The molecule has 2 rings (SSSR count). The highest BCUT2D eigenvalue weighted by Gasteiger charge is 2.38. The number of rotatable bonds is 5. The van der Waals surface area contributed by atoms with Gasteiger partial charge in [0, 0.05) is 21.7 Å². The Morgan fingerprint density at radius 3 is 2.87 bits per heavy atom. The number of nitrogens with zero attached hydrogens (tertiary/aromatic N) is 1. The number of halogens is 4. The molecule has 1 aromatic heterocycles. The third-order valence-electron chi connectivity index (χ3n) is 2.89. The van der Waals surface area contributed by atoms with Crippen LogP contribution in [-0.2, 0) is 6.54 Å². The monoisotopic (exact) mass is 335 g/mol. The lowest BCUT2D eigenvalue weighted by Crippen LogP contribution is -2.35. The molecule has 0 fully saturated rings. The van der Waals surface area contributed by atoms with Gasteiger partial charge in [0.25, 0.3) is 0 Å². The molecule has 9 heteroatoms. The van der Waals surface area contributed by atoms with E-state index in [-0.39, 0.29) is 21.7 Å². The molecular formula is C14H17F4N3O2. The van der Waals surface area contributed by atoms with Gasteiger partial charge in [0.05, 0.1) is 12.1 Å². The lowest BCUT2D eigenvalue weighted by atomic mass is 10.2. The number of amides is 2. The van der Waals surface area contributed by atoms with Crippen molar-refractivity contribution in [1.82, 2.24) is 15.6 Å². The third kappa shape index (κ3) is 5.00. The maximum Gasteiger partial charge on any atom is 0.425 e. The van der Waals surface area contributed by atoms with Gasteiger partial charge < -0.3 is 15.4 Å². The number of carbonyl (C=O) groups is 1. The van der Waals surface area contributed by atoms with Gasteiger partial charge in [-0.1, -0.05) is 5.73 Å². The number of urea groups is 1. The third-order valence-corrected chi connectivity index (χ3v) is 2.89. The summed E-state index contributed by atoms with van der Waals surface area (Å²) in [7, 11) is 0. The lowest BCUT2D eigenvalue weighted by molar-refractivity contribution is -0.190. The summed E-state index contributed by atoms with van der Waals surface area (Å²) in [4.78, 5) is 15.2. The zero-order valence-corrected chi connectivity index (χ0v) is 12.0. The van der Waals surface area contributed by atoms with Crippen LogP contribution in [0.1, 0.15) is 21.8 Å². The van der Waals surface area contributed by atoms with E-state index in [0.717, 1.165) is 6.92 Å². The van der Waals surface area contributed by atoms with E-state index >= 15 is 0 Å². The van der Waals surface area contributed by atoms with Gasteiger partial charge in [-0.25, -0.2) is 14.2 Å². The van der Waals surface area contributed by atoms with Crippen LogP contribution >= 0.6 is 0 Å². The van der Waals surface area contributed by atoms with E-state index in [2.05, 4.69) is 21.3 Å². The highest BCUT2D eigenvalue weighted by atomic mass is 19.4. The van der Waals surface area contributed by atoms with E-state index < -0.39 is 24.1 Å². The van der Waals surface area contributed by atoms with Crippen LogP contribution in [0.5, 0.6) is 5.88 Å². The average molecular weight is 335 g/mol. The molecule has 1 atom stereocenters. The van der Waals surface area contributed by atoms with E-state index in [1.807, 2.05) is 0 Å². The van der Waals surface area contributed by atoms with E-state index in [0.29, 0.717) is 11.3 Å². The van der Waals surface area contributed by atoms with Gasteiger partial charge >= 0.3 is 12.2 Å². The zero-order chi connectivity index (χ0) is 17.0. The molecule has 1 aliphatic carbocycles. The molecular weight excluding hydrogens is 318 g/mol. The van der Waals surface area contributed by atoms with Crippen LogP contribution in [0.25, 0.3) is 0 Å². The first-order chi connectivity index (χ1) is 10.7. The number of alkyl halides is 3. The molecule has 2 amide bonds. The summed E-state index contributed by atoms with van der Waals surface area (Å²) in [5.41, 5.74) is 3.11. The van der Waals surface area contributed by atoms with Crippen molar-refractivity contribution in [3.63, 3.8) is 0 Å². The Bertz CT molecular complexity index is 676.